The van der Waals surface area contributed by atoms with E-state index in [1.165, 1.54) is 38.9 Å². The minimum atomic E-state index is 0. The number of hydrogen-bond donors (Lipinski definition) is 0. The Balaban J connectivity index is 0.000000465. The van der Waals surface area contributed by atoms with Gasteiger partial charge in [-0.2, -0.15) is 12.2 Å². The van der Waals surface area contributed by atoms with Crippen LogP contribution in [0, 0.1) is 24.0 Å². The van der Waals surface area contributed by atoms with Crippen LogP contribution in [0.3, 0.4) is 0 Å². The summed E-state index contributed by atoms with van der Waals surface area (Å²) in [5.74, 6) is 1.21. The predicted octanol–water partition coefficient (Wildman–Crippen LogP) is 1.47. The van der Waals surface area contributed by atoms with Crippen molar-refractivity contribution in [1.29, 1.82) is 0 Å². The third-order valence-corrected chi connectivity index (χ3v) is 5.88. The summed E-state index contributed by atoms with van der Waals surface area (Å²) in [5.41, 5.74) is 5.30. The molecular formula is C29H32Cl2Ti-2. The molecule has 0 aliphatic heterocycles. The number of halogens is 2. The fourth-order valence-corrected chi connectivity index (χ4v) is 3.67. The van der Waals surface area contributed by atoms with Gasteiger partial charge < -0.3 is 24.8 Å². The molecule has 0 amide bonds. The maximum atomic E-state index is 3.24. The van der Waals surface area contributed by atoms with Crippen LogP contribution in [0.5, 0.6) is 0 Å². The molecule has 2 aliphatic carbocycles. The van der Waals surface area contributed by atoms with E-state index >= 15 is 0 Å². The zero-order chi connectivity index (χ0) is 21.8. The number of benzene rings is 2. The maximum absolute atomic E-state index is 3.24. The van der Waals surface area contributed by atoms with Crippen molar-refractivity contribution in [1.82, 2.24) is 0 Å². The standard InChI is InChI=1S/C13H10.2C8H11.2ClH.Ti/c1-3-7-12(8-4-1)11-13-9-5-2-6-10-13;2*1-3-8-5-4-7(2)6-8;;;/h1-10H;2*4,6,8H,3H2,1-2H3;2*1H;/q;2*-1;;;+2/p-2. The molecule has 2 aromatic carbocycles. The van der Waals surface area contributed by atoms with E-state index < -0.39 is 0 Å². The summed E-state index contributed by atoms with van der Waals surface area (Å²) in [5, 5.41) is 0. The summed E-state index contributed by atoms with van der Waals surface area (Å²) in [4.78, 5) is 0. The van der Waals surface area contributed by atoms with Crippen LogP contribution in [0.25, 0.3) is 0 Å². The van der Waals surface area contributed by atoms with Gasteiger partial charge in [0, 0.05) is 0 Å². The van der Waals surface area contributed by atoms with Crippen LogP contribution in [-0.2, 0) is 20.0 Å². The van der Waals surface area contributed by atoms with Gasteiger partial charge in [0.1, 0.15) is 0 Å². The van der Waals surface area contributed by atoms with E-state index in [2.05, 4.69) is 133 Å². The molecule has 2 unspecified atom stereocenters. The Morgan fingerprint density at radius 2 is 1.03 bits per heavy atom. The third-order valence-electron chi connectivity index (χ3n) is 4.98. The van der Waals surface area contributed by atoms with E-state index in [0.29, 0.717) is 11.8 Å². The molecule has 32 heavy (non-hydrogen) atoms. The van der Waals surface area contributed by atoms with Crippen LogP contribution in [0.2, 0.25) is 0 Å². The molecular weight excluding hydrogens is 467 g/mol. The molecule has 0 heterocycles. The van der Waals surface area contributed by atoms with E-state index in [0.717, 1.165) is 0 Å². The Morgan fingerprint density at radius 1 is 0.688 bits per heavy atom. The molecule has 2 aliphatic rings. The molecule has 2 atom stereocenters. The summed E-state index contributed by atoms with van der Waals surface area (Å²) in [6, 6.07) is 20.9. The normalized spacial score (nSPS) is 17.4. The summed E-state index contributed by atoms with van der Waals surface area (Å²) in [6.45, 7) is 8.59. The second-order valence-corrected chi connectivity index (χ2v) is 8.36. The number of rotatable bonds is 4. The van der Waals surface area contributed by atoms with E-state index in [9.17, 15) is 0 Å². The molecule has 4 rings (SSSR count). The van der Waals surface area contributed by atoms with Crippen molar-refractivity contribution < 1.29 is 44.8 Å². The molecule has 0 N–H and O–H groups in total. The fourth-order valence-electron chi connectivity index (χ4n) is 3.15. The molecule has 0 radical (unpaired) electrons. The van der Waals surface area contributed by atoms with Gasteiger partial charge in [-0.3, -0.25) is 12.2 Å². The van der Waals surface area contributed by atoms with Crippen molar-refractivity contribution in [3.05, 3.63) is 119 Å². The summed E-state index contributed by atoms with van der Waals surface area (Å²) < 4.78 is 1.33. The summed E-state index contributed by atoms with van der Waals surface area (Å²) in [6.07, 6.45) is 17.5. The Bertz CT molecular complexity index is 833. The second-order valence-electron chi connectivity index (χ2n) is 7.58. The number of allylic oxidation sites excluding steroid dienone is 8. The Morgan fingerprint density at radius 3 is 1.25 bits per heavy atom. The van der Waals surface area contributed by atoms with Crippen LogP contribution >= 0.6 is 0 Å². The van der Waals surface area contributed by atoms with Crippen molar-refractivity contribution in [2.24, 2.45) is 11.8 Å². The third kappa shape index (κ3) is 10.9. The number of hydrogen-bond acceptors (Lipinski definition) is 0. The van der Waals surface area contributed by atoms with Gasteiger partial charge in [-0.25, -0.2) is 23.3 Å². The van der Waals surface area contributed by atoms with Gasteiger partial charge in [0.25, 0.3) is 0 Å². The van der Waals surface area contributed by atoms with Crippen molar-refractivity contribution in [3.8, 4) is 0 Å². The van der Waals surface area contributed by atoms with Gasteiger partial charge in [-0.15, -0.1) is 13.8 Å². The predicted molar refractivity (Wildman–Crippen MR) is 127 cm³/mol. The van der Waals surface area contributed by atoms with Gasteiger partial charge in [0.05, 0.1) is 0 Å². The molecule has 0 saturated heterocycles. The molecule has 0 fully saturated rings. The van der Waals surface area contributed by atoms with Gasteiger partial charge in [0.15, 0.2) is 0 Å². The first-order chi connectivity index (χ1) is 14.5. The molecule has 0 nitrogen and oxygen atoms in total. The van der Waals surface area contributed by atoms with Crippen molar-refractivity contribution in [3.63, 3.8) is 0 Å². The van der Waals surface area contributed by atoms with Crippen molar-refractivity contribution in [2.45, 2.75) is 40.5 Å². The van der Waals surface area contributed by atoms with Crippen LogP contribution in [0.4, 0.5) is 0 Å². The molecule has 0 aromatic heterocycles. The van der Waals surface area contributed by atoms with E-state index in [1.54, 1.807) is 0 Å². The molecule has 3 heteroatoms. The van der Waals surface area contributed by atoms with Crippen molar-refractivity contribution >= 4 is 3.81 Å². The molecule has 168 valence electrons. The zero-order valence-corrected chi connectivity index (χ0v) is 22.5. The monoisotopic (exact) mass is 498 g/mol. The summed E-state index contributed by atoms with van der Waals surface area (Å²) >= 11 is 2.16. The topological polar surface area (TPSA) is 0 Å². The average Bonchev–Trinajstić information content (AvgIpc) is 3.43. The quantitative estimate of drug-likeness (QED) is 0.442. The van der Waals surface area contributed by atoms with Crippen LogP contribution in [-0.4, -0.2) is 3.81 Å². The van der Waals surface area contributed by atoms with E-state index in [-0.39, 0.29) is 24.8 Å². The van der Waals surface area contributed by atoms with Crippen LogP contribution in [0.15, 0.2) is 96.1 Å². The summed E-state index contributed by atoms with van der Waals surface area (Å²) in [7, 11) is 0. The van der Waals surface area contributed by atoms with Gasteiger partial charge in [-0.1, -0.05) is 38.5 Å². The fraction of sp³-hybridized carbons (Fsp3) is 0.276. The molecule has 0 saturated carbocycles. The van der Waals surface area contributed by atoms with Gasteiger partial charge >= 0.3 is 95.6 Å². The van der Waals surface area contributed by atoms with Gasteiger partial charge in [0.2, 0.25) is 0 Å². The van der Waals surface area contributed by atoms with Crippen LogP contribution < -0.4 is 24.8 Å². The van der Waals surface area contributed by atoms with Gasteiger partial charge in [-0.05, 0) is 0 Å². The minimum absolute atomic E-state index is 0. The molecule has 2 aromatic rings. The Labute approximate surface area is 219 Å². The first kappa shape index (κ1) is 30.6. The molecule has 0 bridgehead atoms. The average molecular weight is 499 g/mol. The Kier molecular flexibility index (Phi) is 16.3. The second kappa shape index (κ2) is 17.1. The zero-order valence-electron chi connectivity index (χ0n) is 19.4. The Hall–Kier alpha value is -1.44. The molecule has 0 spiro atoms. The SMILES string of the molecule is CCC1[C-]=CC(C)=C1.CCC1[C-]=CC(C)=C1.[Cl-].[Cl-].[Ti+2]=[C](c1ccccc1)c1ccccc1. The van der Waals surface area contributed by atoms with Crippen molar-refractivity contribution in [2.75, 3.05) is 0 Å². The first-order valence-electron chi connectivity index (χ1n) is 10.8. The first-order valence-corrected chi connectivity index (χ1v) is 11.6. The van der Waals surface area contributed by atoms with E-state index in [4.69, 9.17) is 0 Å². The van der Waals surface area contributed by atoms with Crippen LogP contribution in [0.1, 0.15) is 51.7 Å². The van der Waals surface area contributed by atoms with E-state index in [1.807, 2.05) is 12.1 Å².